The first-order valence-corrected chi connectivity index (χ1v) is 13.4. The van der Waals surface area contributed by atoms with Gasteiger partial charge in [-0.1, -0.05) is 71.9 Å². The van der Waals surface area contributed by atoms with Crippen molar-refractivity contribution in [3.8, 4) is 11.8 Å². The molecule has 1 amide bonds. The second-order valence-electron chi connectivity index (χ2n) is 8.60. The summed E-state index contributed by atoms with van der Waals surface area (Å²) in [6.45, 7) is 1.83. The number of esters is 1. The molecule has 3 aromatic rings. The minimum absolute atomic E-state index is 0.0376. The quantitative estimate of drug-likeness (QED) is 0.303. The second-order valence-corrected chi connectivity index (χ2v) is 9.99. The van der Waals surface area contributed by atoms with E-state index in [4.69, 9.17) is 21.1 Å². The molecule has 0 unspecified atom stereocenters. The molecule has 0 saturated heterocycles. The van der Waals surface area contributed by atoms with Crippen molar-refractivity contribution in [3.05, 3.63) is 117 Å². The van der Waals surface area contributed by atoms with Crippen LogP contribution >= 0.6 is 23.4 Å². The van der Waals surface area contributed by atoms with Gasteiger partial charge in [0, 0.05) is 16.4 Å². The number of hydrogen-bond donors (Lipinski definition) is 2. The maximum absolute atomic E-state index is 13.4. The molecule has 1 aliphatic heterocycles. The van der Waals surface area contributed by atoms with Crippen molar-refractivity contribution >= 4 is 40.9 Å². The first-order valence-electron chi connectivity index (χ1n) is 12.1. The molecule has 0 bridgehead atoms. The maximum atomic E-state index is 13.4. The molecule has 0 radical (unpaired) electrons. The molecule has 4 rings (SSSR count). The van der Waals surface area contributed by atoms with E-state index in [0.717, 1.165) is 5.56 Å². The van der Waals surface area contributed by atoms with Crippen LogP contribution in [0.1, 0.15) is 24.0 Å². The van der Waals surface area contributed by atoms with Crippen LogP contribution in [0.3, 0.4) is 0 Å². The predicted molar refractivity (Wildman–Crippen MR) is 153 cm³/mol. The van der Waals surface area contributed by atoms with E-state index in [1.165, 1.54) is 11.8 Å². The molecule has 0 spiro atoms. The number of carbonyl (C=O) groups excluding carboxylic acids is 2. The summed E-state index contributed by atoms with van der Waals surface area (Å²) in [7, 11) is 1.57. The lowest BCUT2D eigenvalue weighted by Gasteiger charge is -2.29. The molecular formula is C30H26ClN3O4S. The van der Waals surface area contributed by atoms with Crippen LogP contribution in [0.15, 0.2) is 101 Å². The Morgan fingerprint density at radius 2 is 1.74 bits per heavy atom. The van der Waals surface area contributed by atoms with Crippen LogP contribution in [0.5, 0.6) is 5.75 Å². The summed E-state index contributed by atoms with van der Waals surface area (Å²) in [6, 6.07) is 25.7. The molecule has 0 fully saturated rings. The topological polar surface area (TPSA) is 100 Å². The van der Waals surface area contributed by atoms with Crippen LogP contribution < -0.4 is 15.4 Å². The van der Waals surface area contributed by atoms with Crippen molar-refractivity contribution in [2.24, 2.45) is 0 Å². The molecule has 9 heteroatoms. The third-order valence-electron chi connectivity index (χ3n) is 6.02. The Labute approximate surface area is 236 Å². The number of rotatable bonds is 9. The number of nitriles is 1. The SMILES string of the molecule is COc1ccc(NC(=O)CSC2=C(C#N)[C@@H](c3ccccc3Cl)C(C(=O)OCc3ccccc3)=C(C)N2)cc1. The Bertz CT molecular complexity index is 1460. The molecule has 1 heterocycles. The third kappa shape index (κ3) is 6.82. The van der Waals surface area contributed by atoms with E-state index in [9.17, 15) is 14.9 Å². The summed E-state index contributed by atoms with van der Waals surface area (Å²) in [6.07, 6.45) is 0. The number of hydrogen-bond acceptors (Lipinski definition) is 7. The summed E-state index contributed by atoms with van der Waals surface area (Å²) in [5, 5.41) is 17.1. The van der Waals surface area contributed by atoms with Crippen LogP contribution in [0, 0.1) is 11.3 Å². The van der Waals surface area contributed by atoms with E-state index in [1.807, 2.05) is 30.3 Å². The van der Waals surface area contributed by atoms with Crippen molar-refractivity contribution in [3.63, 3.8) is 0 Å². The fourth-order valence-corrected chi connectivity index (χ4v) is 5.26. The normalized spacial score (nSPS) is 14.8. The van der Waals surface area contributed by atoms with Crippen molar-refractivity contribution in [2.45, 2.75) is 19.4 Å². The first kappa shape index (κ1) is 27.8. The number of methoxy groups -OCH3 is 1. The number of anilines is 1. The van der Waals surface area contributed by atoms with E-state index in [0.29, 0.717) is 38.3 Å². The summed E-state index contributed by atoms with van der Waals surface area (Å²) < 4.78 is 10.8. The van der Waals surface area contributed by atoms with Gasteiger partial charge in [-0.2, -0.15) is 5.26 Å². The number of nitrogens with zero attached hydrogens (tertiary/aromatic N) is 1. The van der Waals surface area contributed by atoms with Gasteiger partial charge in [0.2, 0.25) is 5.91 Å². The van der Waals surface area contributed by atoms with Crippen molar-refractivity contribution in [2.75, 3.05) is 18.2 Å². The fraction of sp³-hybridized carbons (Fsp3) is 0.167. The number of allylic oxidation sites excluding steroid dienone is 2. The lowest BCUT2D eigenvalue weighted by molar-refractivity contribution is -0.140. The Balaban J connectivity index is 1.58. The Hall–Kier alpha value is -4.19. The largest absolute Gasteiger partial charge is 0.497 e. The summed E-state index contributed by atoms with van der Waals surface area (Å²) >= 11 is 7.73. The van der Waals surface area contributed by atoms with Crippen LogP contribution in [0.2, 0.25) is 5.02 Å². The molecule has 0 aliphatic carbocycles. The highest BCUT2D eigenvalue weighted by atomic mass is 35.5. The smallest absolute Gasteiger partial charge is 0.337 e. The first-order chi connectivity index (χ1) is 18.9. The number of amides is 1. The van der Waals surface area contributed by atoms with Crippen LogP contribution in [-0.4, -0.2) is 24.7 Å². The third-order valence-corrected chi connectivity index (χ3v) is 7.38. The summed E-state index contributed by atoms with van der Waals surface area (Å²) in [4.78, 5) is 26.1. The molecule has 1 aliphatic rings. The number of thioether (sulfide) groups is 1. The number of halogens is 1. The highest BCUT2D eigenvalue weighted by Crippen LogP contribution is 2.43. The van der Waals surface area contributed by atoms with Gasteiger partial charge in [0.1, 0.15) is 12.4 Å². The molecule has 0 aromatic heterocycles. The van der Waals surface area contributed by atoms with E-state index < -0.39 is 11.9 Å². The predicted octanol–water partition coefficient (Wildman–Crippen LogP) is 6.16. The lowest BCUT2D eigenvalue weighted by atomic mass is 9.82. The Morgan fingerprint density at radius 3 is 2.41 bits per heavy atom. The van der Waals surface area contributed by atoms with Crippen LogP contribution in [0.25, 0.3) is 0 Å². The fourth-order valence-electron chi connectivity index (χ4n) is 4.13. The molecule has 7 nitrogen and oxygen atoms in total. The lowest BCUT2D eigenvalue weighted by Crippen LogP contribution is -2.29. The van der Waals surface area contributed by atoms with Crippen molar-refractivity contribution in [1.29, 1.82) is 5.26 Å². The van der Waals surface area contributed by atoms with Gasteiger partial charge < -0.3 is 20.1 Å². The molecule has 198 valence electrons. The number of benzene rings is 3. The zero-order chi connectivity index (χ0) is 27.8. The van der Waals surface area contributed by atoms with E-state index in [1.54, 1.807) is 62.6 Å². The molecule has 2 N–H and O–H groups in total. The monoisotopic (exact) mass is 559 g/mol. The van der Waals surface area contributed by atoms with Gasteiger partial charge in [0.05, 0.1) is 41.0 Å². The molecule has 1 atom stereocenters. The van der Waals surface area contributed by atoms with Crippen LogP contribution in [0.4, 0.5) is 5.69 Å². The van der Waals surface area contributed by atoms with Crippen molar-refractivity contribution in [1.82, 2.24) is 5.32 Å². The van der Waals surface area contributed by atoms with Gasteiger partial charge in [-0.15, -0.1) is 0 Å². The molecule has 0 saturated carbocycles. The highest BCUT2D eigenvalue weighted by molar-refractivity contribution is 8.03. The molecular weight excluding hydrogens is 534 g/mol. The number of dihydropyridines is 1. The summed E-state index contributed by atoms with van der Waals surface area (Å²) in [5.41, 5.74) is 3.17. The Kier molecular flexibility index (Phi) is 9.31. The zero-order valence-corrected chi connectivity index (χ0v) is 22.9. The summed E-state index contributed by atoms with van der Waals surface area (Å²) in [5.74, 6) is -0.844. The van der Waals surface area contributed by atoms with Gasteiger partial charge in [-0.25, -0.2) is 4.79 Å². The number of carbonyl (C=O) groups is 2. The Morgan fingerprint density at radius 1 is 1.05 bits per heavy atom. The highest BCUT2D eigenvalue weighted by Gasteiger charge is 2.36. The number of nitrogens with one attached hydrogen (secondary N) is 2. The van der Waals surface area contributed by atoms with Gasteiger partial charge >= 0.3 is 5.97 Å². The van der Waals surface area contributed by atoms with Crippen molar-refractivity contribution < 1.29 is 19.1 Å². The van der Waals surface area contributed by atoms with Gasteiger partial charge in [-0.05, 0) is 48.4 Å². The van der Waals surface area contributed by atoms with E-state index in [-0.39, 0.29) is 23.8 Å². The molecule has 39 heavy (non-hydrogen) atoms. The van der Waals surface area contributed by atoms with Gasteiger partial charge in [0.15, 0.2) is 0 Å². The maximum Gasteiger partial charge on any atom is 0.337 e. The number of ether oxygens (including phenoxy) is 2. The molecule has 3 aromatic carbocycles. The minimum atomic E-state index is -0.764. The van der Waals surface area contributed by atoms with Gasteiger partial charge in [-0.3, -0.25) is 4.79 Å². The van der Waals surface area contributed by atoms with Gasteiger partial charge in [0.25, 0.3) is 0 Å². The van der Waals surface area contributed by atoms with E-state index >= 15 is 0 Å². The van der Waals surface area contributed by atoms with E-state index in [2.05, 4.69) is 16.7 Å². The average Bonchev–Trinajstić information content (AvgIpc) is 2.95. The minimum Gasteiger partial charge on any atom is -0.497 e. The standard InChI is InChI=1S/C30H26ClN3O4S/c1-19-27(30(36)38-17-20-8-4-3-5-9-20)28(23-10-6-7-11-25(23)31)24(16-32)29(33-19)39-18-26(35)34-21-12-14-22(37-2)15-13-21/h3-15,28,33H,17-18H2,1-2H3,(H,34,35)/t28-/m1/s1. The zero-order valence-electron chi connectivity index (χ0n) is 21.4. The average molecular weight is 560 g/mol. The second kappa shape index (κ2) is 13.1. The van der Waals surface area contributed by atoms with Crippen LogP contribution in [-0.2, 0) is 20.9 Å².